The molecule has 1 aromatic rings. The summed E-state index contributed by atoms with van der Waals surface area (Å²) in [6, 6.07) is 9.62. The Morgan fingerprint density at radius 1 is 1.29 bits per heavy atom. The van der Waals surface area contributed by atoms with Crippen molar-refractivity contribution >= 4 is 11.6 Å². The molecule has 0 bridgehead atoms. The van der Waals surface area contributed by atoms with E-state index in [0.29, 0.717) is 12.5 Å². The summed E-state index contributed by atoms with van der Waals surface area (Å²) in [7, 11) is 0. The van der Waals surface area contributed by atoms with E-state index in [-0.39, 0.29) is 11.5 Å². The SMILES string of the molecule is CCN(CC)CCN/C=C(/C#N)C(=O)Nc1ccccc1C(C)C. The van der Waals surface area contributed by atoms with E-state index in [1.807, 2.05) is 30.3 Å². The van der Waals surface area contributed by atoms with E-state index in [1.54, 1.807) is 0 Å². The van der Waals surface area contributed by atoms with Crippen molar-refractivity contribution in [3.8, 4) is 6.07 Å². The molecule has 2 N–H and O–H groups in total. The number of likely N-dealkylation sites (N-methyl/N-ethyl adjacent to an activating group) is 1. The molecule has 0 fully saturated rings. The first-order chi connectivity index (χ1) is 11.5. The highest BCUT2D eigenvalue weighted by Crippen LogP contribution is 2.23. The van der Waals surface area contributed by atoms with E-state index in [4.69, 9.17) is 0 Å². The van der Waals surface area contributed by atoms with Crippen LogP contribution < -0.4 is 10.6 Å². The van der Waals surface area contributed by atoms with Crippen LogP contribution in [-0.4, -0.2) is 37.0 Å². The molecule has 5 heteroatoms. The molecular formula is C19H28N4O. The first-order valence-corrected chi connectivity index (χ1v) is 8.49. The van der Waals surface area contributed by atoms with Crippen LogP contribution in [0.4, 0.5) is 5.69 Å². The molecule has 0 aromatic heterocycles. The smallest absolute Gasteiger partial charge is 0.267 e. The average molecular weight is 328 g/mol. The van der Waals surface area contributed by atoms with Crippen LogP contribution in [0.1, 0.15) is 39.2 Å². The third kappa shape index (κ3) is 6.05. The van der Waals surface area contributed by atoms with Gasteiger partial charge >= 0.3 is 0 Å². The van der Waals surface area contributed by atoms with E-state index in [9.17, 15) is 10.1 Å². The maximum atomic E-state index is 12.3. The van der Waals surface area contributed by atoms with Gasteiger partial charge < -0.3 is 15.5 Å². The highest BCUT2D eigenvalue weighted by molar-refractivity contribution is 6.06. The second-order valence-corrected chi connectivity index (χ2v) is 5.85. The molecule has 0 aliphatic carbocycles. The molecule has 24 heavy (non-hydrogen) atoms. The lowest BCUT2D eigenvalue weighted by atomic mass is 10.0. The minimum Gasteiger partial charge on any atom is -0.388 e. The van der Waals surface area contributed by atoms with E-state index >= 15 is 0 Å². The summed E-state index contributed by atoms with van der Waals surface area (Å²) in [4.78, 5) is 14.6. The number of para-hydroxylation sites is 1. The molecule has 1 amide bonds. The van der Waals surface area contributed by atoms with Crippen LogP contribution in [0.25, 0.3) is 0 Å². The molecule has 0 saturated carbocycles. The molecule has 130 valence electrons. The Bertz CT molecular complexity index is 598. The number of benzene rings is 1. The fraction of sp³-hybridized carbons (Fsp3) is 0.474. The first-order valence-electron chi connectivity index (χ1n) is 8.49. The van der Waals surface area contributed by atoms with Crippen molar-refractivity contribution in [2.45, 2.75) is 33.6 Å². The second-order valence-electron chi connectivity index (χ2n) is 5.85. The number of nitriles is 1. The monoisotopic (exact) mass is 328 g/mol. The lowest BCUT2D eigenvalue weighted by Gasteiger charge is -2.17. The Morgan fingerprint density at radius 2 is 1.96 bits per heavy atom. The van der Waals surface area contributed by atoms with Crippen molar-refractivity contribution in [1.82, 2.24) is 10.2 Å². The lowest BCUT2D eigenvalue weighted by molar-refractivity contribution is -0.112. The van der Waals surface area contributed by atoms with Gasteiger partial charge in [0.2, 0.25) is 0 Å². The summed E-state index contributed by atoms with van der Waals surface area (Å²) in [6.45, 7) is 11.9. The van der Waals surface area contributed by atoms with Crippen molar-refractivity contribution < 1.29 is 4.79 Å². The highest BCUT2D eigenvalue weighted by Gasteiger charge is 2.12. The van der Waals surface area contributed by atoms with Gasteiger partial charge in [-0.25, -0.2) is 0 Å². The third-order valence-corrected chi connectivity index (χ3v) is 3.91. The maximum absolute atomic E-state index is 12.3. The zero-order chi connectivity index (χ0) is 17.9. The van der Waals surface area contributed by atoms with Crippen molar-refractivity contribution in [2.75, 3.05) is 31.5 Å². The van der Waals surface area contributed by atoms with Crippen LogP contribution >= 0.6 is 0 Å². The van der Waals surface area contributed by atoms with E-state index in [2.05, 4.69) is 43.2 Å². The number of anilines is 1. The van der Waals surface area contributed by atoms with Crippen LogP contribution in [0.3, 0.4) is 0 Å². The van der Waals surface area contributed by atoms with Gasteiger partial charge in [0.05, 0.1) is 0 Å². The number of nitrogens with zero attached hydrogens (tertiary/aromatic N) is 2. The van der Waals surface area contributed by atoms with E-state index < -0.39 is 0 Å². The highest BCUT2D eigenvalue weighted by atomic mass is 16.1. The van der Waals surface area contributed by atoms with Crippen LogP contribution in [0.15, 0.2) is 36.0 Å². The maximum Gasteiger partial charge on any atom is 0.267 e. The summed E-state index contributed by atoms with van der Waals surface area (Å²) in [5.41, 5.74) is 1.88. The normalized spacial score (nSPS) is 11.5. The molecule has 0 spiro atoms. The number of hydrogen-bond acceptors (Lipinski definition) is 4. The number of nitrogens with one attached hydrogen (secondary N) is 2. The molecular weight excluding hydrogens is 300 g/mol. The van der Waals surface area contributed by atoms with Crippen molar-refractivity contribution in [3.05, 3.63) is 41.6 Å². The predicted octanol–water partition coefficient (Wildman–Crippen LogP) is 3.09. The zero-order valence-corrected chi connectivity index (χ0v) is 15.1. The van der Waals surface area contributed by atoms with Crippen molar-refractivity contribution in [3.63, 3.8) is 0 Å². The van der Waals surface area contributed by atoms with Crippen molar-refractivity contribution in [1.29, 1.82) is 5.26 Å². The fourth-order valence-electron chi connectivity index (χ4n) is 2.39. The average Bonchev–Trinajstić information content (AvgIpc) is 2.58. The van der Waals surface area contributed by atoms with Crippen molar-refractivity contribution in [2.24, 2.45) is 0 Å². The minimum atomic E-state index is -0.388. The third-order valence-electron chi connectivity index (χ3n) is 3.91. The number of hydrogen-bond donors (Lipinski definition) is 2. The Hall–Kier alpha value is -2.32. The van der Waals surface area contributed by atoms with Gasteiger partial charge in [-0.05, 0) is 30.6 Å². The van der Waals surface area contributed by atoms with Gasteiger partial charge in [0.1, 0.15) is 11.6 Å². The standard InChI is InChI=1S/C19H28N4O/c1-5-23(6-2)12-11-21-14-16(13-20)19(24)22-18-10-8-7-9-17(18)15(3)4/h7-10,14-15,21H,5-6,11-12H2,1-4H3,(H,22,24)/b16-14-. The topological polar surface area (TPSA) is 68.2 Å². The quantitative estimate of drug-likeness (QED) is 0.415. The summed E-state index contributed by atoms with van der Waals surface area (Å²) in [6.07, 6.45) is 1.50. The molecule has 0 heterocycles. The number of carbonyl (C=O) groups excluding carboxylic acids is 1. The van der Waals surface area contributed by atoms with Gasteiger partial charge in [-0.1, -0.05) is 45.9 Å². The van der Waals surface area contributed by atoms with Crippen LogP contribution in [0, 0.1) is 11.3 Å². The van der Waals surface area contributed by atoms with Gasteiger partial charge in [-0.3, -0.25) is 4.79 Å². The molecule has 0 atom stereocenters. The number of amides is 1. The lowest BCUT2D eigenvalue weighted by Crippen LogP contribution is -2.30. The van der Waals surface area contributed by atoms with Crippen LogP contribution in [-0.2, 0) is 4.79 Å². The molecule has 0 unspecified atom stereocenters. The summed E-state index contributed by atoms with van der Waals surface area (Å²) in [5.74, 6) is -0.0934. The predicted molar refractivity (Wildman–Crippen MR) is 98.6 cm³/mol. The molecule has 1 rings (SSSR count). The van der Waals surface area contributed by atoms with Crippen LogP contribution in [0.5, 0.6) is 0 Å². The van der Waals surface area contributed by atoms with Gasteiger partial charge in [-0.15, -0.1) is 0 Å². The molecule has 0 radical (unpaired) electrons. The zero-order valence-electron chi connectivity index (χ0n) is 15.1. The molecule has 1 aromatic carbocycles. The Labute approximate surface area is 145 Å². The van der Waals surface area contributed by atoms with Gasteiger partial charge in [0, 0.05) is 25.0 Å². The van der Waals surface area contributed by atoms with Gasteiger partial charge in [0.15, 0.2) is 0 Å². The van der Waals surface area contributed by atoms with E-state index in [1.165, 1.54) is 6.20 Å². The van der Waals surface area contributed by atoms with E-state index in [0.717, 1.165) is 30.9 Å². The van der Waals surface area contributed by atoms with Gasteiger partial charge in [-0.2, -0.15) is 5.26 Å². The summed E-state index contributed by atoms with van der Waals surface area (Å²) in [5, 5.41) is 15.1. The summed E-state index contributed by atoms with van der Waals surface area (Å²) >= 11 is 0. The Balaban J connectivity index is 2.67. The Morgan fingerprint density at radius 3 is 2.54 bits per heavy atom. The van der Waals surface area contributed by atoms with Gasteiger partial charge in [0.25, 0.3) is 5.91 Å². The fourth-order valence-corrected chi connectivity index (χ4v) is 2.39. The first kappa shape index (κ1) is 19.7. The number of carbonyl (C=O) groups is 1. The largest absolute Gasteiger partial charge is 0.388 e. The second kappa shape index (κ2) is 10.5. The molecule has 0 saturated heterocycles. The van der Waals surface area contributed by atoms with Crippen LogP contribution in [0.2, 0.25) is 0 Å². The Kier molecular flexibility index (Phi) is 8.59. The minimum absolute atomic E-state index is 0.0770. The molecule has 0 aliphatic rings. The molecule has 5 nitrogen and oxygen atoms in total. The number of rotatable bonds is 9. The molecule has 0 aliphatic heterocycles. The summed E-state index contributed by atoms with van der Waals surface area (Å²) < 4.78 is 0.